The first kappa shape index (κ1) is 30.1. The van der Waals surface area contributed by atoms with E-state index in [1.165, 1.54) is 19.3 Å². The normalized spacial score (nSPS) is 24.6. The van der Waals surface area contributed by atoms with Crippen LogP contribution in [0.1, 0.15) is 103 Å². The van der Waals surface area contributed by atoms with Gasteiger partial charge in [0, 0.05) is 37.8 Å². The number of benzene rings is 1. The maximum atomic E-state index is 13.5. The van der Waals surface area contributed by atoms with Crippen molar-refractivity contribution in [3.8, 4) is 11.8 Å². The van der Waals surface area contributed by atoms with Crippen LogP contribution in [0.5, 0.6) is 5.75 Å². The van der Waals surface area contributed by atoms with Crippen LogP contribution in [0.25, 0.3) is 0 Å². The molecule has 11 nitrogen and oxygen atoms in total. The second-order valence-corrected chi connectivity index (χ2v) is 12.4. The lowest BCUT2D eigenvalue weighted by atomic mass is 10.0. The molecule has 44 heavy (non-hydrogen) atoms. The van der Waals surface area contributed by atoms with E-state index in [9.17, 15) is 19.6 Å². The monoisotopic (exact) mass is 602 g/mol. The summed E-state index contributed by atoms with van der Waals surface area (Å²) in [5.41, 5.74) is 8.12. The molecular weight excluding hydrogens is 560 g/mol. The van der Waals surface area contributed by atoms with Gasteiger partial charge in [-0.25, -0.2) is 4.68 Å². The van der Waals surface area contributed by atoms with Crippen LogP contribution in [-0.4, -0.2) is 70.9 Å². The number of carbonyl (C=O) groups is 3. The molecule has 1 aromatic carbocycles. The zero-order valence-corrected chi connectivity index (χ0v) is 25.5. The van der Waals surface area contributed by atoms with Crippen molar-refractivity contribution in [2.24, 2.45) is 11.7 Å². The number of nitrogens with zero attached hydrogens (tertiary/aromatic N) is 5. The van der Waals surface area contributed by atoms with Gasteiger partial charge in [-0.1, -0.05) is 31.4 Å². The van der Waals surface area contributed by atoms with Crippen LogP contribution in [0.2, 0.25) is 0 Å². The highest BCUT2D eigenvalue weighted by Crippen LogP contribution is 2.48. The molecule has 4 fully saturated rings. The molecule has 2 saturated carbocycles. The van der Waals surface area contributed by atoms with Gasteiger partial charge in [-0.15, -0.1) is 0 Å². The standard InChI is InChI=1S/C20H25N5O3.C10H11NO2.C3H6/c1-2-23-17(26)4-3-15-18(20(27)24-14(11-21)9-12-10-16(12)24)22-25(19(15)23)13-5-7-28-8-6-13;11-10(12)8-5-1-3-7-4-2-6-13-9(7)8;1-2-3-1/h12-14,16H,2-10H2,1H3;1,3,5H,2,4,6H2,(H2,11,12);1-3H2. The number of hydrogen-bond acceptors (Lipinski definition) is 7. The molecule has 3 unspecified atom stereocenters. The average Bonchev–Trinajstić information content (AvgIpc) is 4.00. The first-order chi connectivity index (χ1) is 21.4. The fraction of sp³-hybridized carbons (Fsp3) is 0.606. The molecule has 234 valence electrons. The lowest BCUT2D eigenvalue weighted by Gasteiger charge is -2.31. The predicted octanol–water partition coefficient (Wildman–Crippen LogP) is 3.94. The van der Waals surface area contributed by atoms with Crippen LogP contribution in [0.15, 0.2) is 18.2 Å². The van der Waals surface area contributed by atoms with Crippen molar-refractivity contribution in [3.05, 3.63) is 40.6 Å². The van der Waals surface area contributed by atoms with Crippen molar-refractivity contribution in [3.63, 3.8) is 0 Å². The molecule has 5 heterocycles. The van der Waals surface area contributed by atoms with Crippen LogP contribution >= 0.6 is 0 Å². The molecule has 3 atom stereocenters. The molecule has 0 radical (unpaired) electrons. The van der Waals surface area contributed by atoms with Crippen molar-refractivity contribution in [2.75, 3.05) is 31.3 Å². The number of nitriles is 1. The van der Waals surface area contributed by atoms with Crippen LogP contribution in [0, 0.1) is 17.2 Å². The maximum Gasteiger partial charge on any atom is 0.276 e. The number of nitrogens with two attached hydrogens (primary N) is 1. The first-order valence-electron chi connectivity index (χ1n) is 16.2. The number of piperidine rings is 1. The molecule has 2 aliphatic carbocycles. The highest BCUT2D eigenvalue weighted by Gasteiger charge is 2.55. The third kappa shape index (κ3) is 6.05. The predicted molar refractivity (Wildman–Crippen MR) is 162 cm³/mol. The summed E-state index contributed by atoms with van der Waals surface area (Å²) in [6, 6.07) is 7.77. The summed E-state index contributed by atoms with van der Waals surface area (Å²) in [6.45, 7) is 4.52. The second kappa shape index (κ2) is 13.0. The van der Waals surface area contributed by atoms with Gasteiger partial charge in [0.2, 0.25) is 5.91 Å². The van der Waals surface area contributed by atoms with Crippen molar-refractivity contribution in [1.82, 2.24) is 14.7 Å². The maximum absolute atomic E-state index is 13.5. The molecule has 8 rings (SSSR count). The average molecular weight is 603 g/mol. The summed E-state index contributed by atoms with van der Waals surface area (Å²) in [5.74, 6) is 1.47. The minimum Gasteiger partial charge on any atom is -0.492 e. The Balaban J connectivity index is 0.000000177. The summed E-state index contributed by atoms with van der Waals surface area (Å²) < 4.78 is 12.8. The fourth-order valence-electron chi connectivity index (χ4n) is 6.71. The number of aromatic nitrogens is 2. The molecule has 6 aliphatic rings. The van der Waals surface area contributed by atoms with Gasteiger partial charge in [0.25, 0.3) is 11.8 Å². The number of anilines is 1. The number of amides is 3. The zero-order valence-electron chi connectivity index (χ0n) is 25.5. The van der Waals surface area contributed by atoms with E-state index in [1.807, 2.05) is 23.7 Å². The molecule has 0 spiro atoms. The van der Waals surface area contributed by atoms with E-state index in [-0.39, 0.29) is 29.9 Å². The molecule has 11 heteroatoms. The SMILES string of the molecule is C1CC1.CCN1C(=O)CCc2c(C(=O)N3C(C#N)CC4CC43)nn(C3CCOCC3)c21.NC(=O)c1cccc2c1OCCC2. The third-order valence-electron chi connectivity index (χ3n) is 9.22. The van der Waals surface area contributed by atoms with Gasteiger partial charge in [-0.3, -0.25) is 19.3 Å². The lowest BCUT2D eigenvalue weighted by Crippen LogP contribution is -2.39. The minimum atomic E-state index is -0.418. The minimum absolute atomic E-state index is 0.0838. The Morgan fingerprint density at radius 2 is 1.84 bits per heavy atom. The molecular formula is C33H42N6O5. The van der Waals surface area contributed by atoms with E-state index in [4.69, 9.17) is 20.3 Å². The lowest BCUT2D eigenvalue weighted by molar-refractivity contribution is -0.118. The Kier molecular flexibility index (Phi) is 8.89. The Bertz CT molecular complexity index is 1450. The second-order valence-electron chi connectivity index (χ2n) is 12.4. The van der Waals surface area contributed by atoms with Gasteiger partial charge in [0.15, 0.2) is 5.69 Å². The van der Waals surface area contributed by atoms with Crippen molar-refractivity contribution < 1.29 is 23.9 Å². The third-order valence-corrected chi connectivity index (χ3v) is 9.22. The summed E-state index contributed by atoms with van der Waals surface area (Å²) in [6.07, 6.45) is 10.8. The highest BCUT2D eigenvalue weighted by atomic mass is 16.5. The van der Waals surface area contributed by atoms with Crippen LogP contribution in [0.4, 0.5) is 5.82 Å². The summed E-state index contributed by atoms with van der Waals surface area (Å²) in [5, 5.41) is 14.3. The smallest absolute Gasteiger partial charge is 0.276 e. The topological polar surface area (TPSA) is 144 Å². The molecule has 2 aromatic rings. The number of ether oxygens (including phenoxy) is 2. The van der Waals surface area contributed by atoms with Crippen LogP contribution in [0.3, 0.4) is 0 Å². The van der Waals surface area contributed by atoms with E-state index in [0.717, 1.165) is 55.5 Å². The molecule has 4 aliphatic heterocycles. The molecule has 0 bridgehead atoms. The number of primary amides is 1. The summed E-state index contributed by atoms with van der Waals surface area (Å²) in [7, 11) is 0. The fourth-order valence-corrected chi connectivity index (χ4v) is 6.71. The van der Waals surface area contributed by atoms with E-state index >= 15 is 0 Å². The highest BCUT2D eigenvalue weighted by molar-refractivity contribution is 6.01. The van der Waals surface area contributed by atoms with E-state index in [0.29, 0.717) is 62.1 Å². The zero-order chi connectivity index (χ0) is 30.8. The van der Waals surface area contributed by atoms with Gasteiger partial charge in [0.1, 0.15) is 17.6 Å². The van der Waals surface area contributed by atoms with Gasteiger partial charge in [-0.2, -0.15) is 10.4 Å². The van der Waals surface area contributed by atoms with Gasteiger partial charge < -0.3 is 20.1 Å². The van der Waals surface area contributed by atoms with Gasteiger partial charge >= 0.3 is 0 Å². The Hall–Kier alpha value is -3.91. The van der Waals surface area contributed by atoms with Crippen LogP contribution in [-0.2, 0) is 22.4 Å². The Morgan fingerprint density at radius 1 is 1.07 bits per heavy atom. The van der Waals surface area contributed by atoms with E-state index < -0.39 is 5.91 Å². The number of para-hydroxylation sites is 1. The quantitative estimate of drug-likeness (QED) is 0.558. The number of likely N-dealkylation sites (tertiary alicyclic amines) is 1. The van der Waals surface area contributed by atoms with E-state index in [2.05, 4.69) is 6.07 Å². The Labute approximate surface area is 258 Å². The van der Waals surface area contributed by atoms with Gasteiger partial charge in [-0.05, 0) is 69.4 Å². The number of carbonyl (C=O) groups excluding carboxylic acids is 3. The largest absolute Gasteiger partial charge is 0.492 e. The Morgan fingerprint density at radius 3 is 2.52 bits per heavy atom. The number of hydrogen-bond donors (Lipinski definition) is 1. The van der Waals surface area contributed by atoms with E-state index in [1.54, 1.807) is 15.9 Å². The molecule has 2 N–H and O–H groups in total. The van der Waals surface area contributed by atoms with Gasteiger partial charge in [0.05, 0.1) is 24.3 Å². The molecule has 2 saturated heterocycles. The number of fused-ring (bicyclic) bond motifs is 3. The first-order valence-corrected chi connectivity index (χ1v) is 16.2. The van der Waals surface area contributed by atoms with Crippen molar-refractivity contribution in [1.29, 1.82) is 5.26 Å². The summed E-state index contributed by atoms with van der Waals surface area (Å²) in [4.78, 5) is 40.5. The number of aryl methyl sites for hydroxylation is 1. The van der Waals surface area contributed by atoms with Crippen LogP contribution < -0.4 is 15.4 Å². The van der Waals surface area contributed by atoms with Crippen molar-refractivity contribution in [2.45, 2.75) is 95.7 Å². The van der Waals surface area contributed by atoms with Crippen molar-refractivity contribution >= 4 is 23.5 Å². The number of rotatable bonds is 4. The molecule has 3 amide bonds. The molecule has 1 aromatic heterocycles. The summed E-state index contributed by atoms with van der Waals surface area (Å²) >= 11 is 0.